The fourth-order valence-electron chi connectivity index (χ4n) is 2.68. The molecule has 0 aliphatic carbocycles. The number of aromatic nitrogens is 1. The largest absolute Gasteiger partial charge is 0.359 e. The number of H-pyrrole nitrogens is 1. The maximum absolute atomic E-state index is 11.8. The third-order valence-electron chi connectivity index (χ3n) is 4.03. The van der Waals surface area contributed by atoms with E-state index in [9.17, 15) is 9.59 Å². The Kier molecular flexibility index (Phi) is 4.79. The van der Waals surface area contributed by atoms with Crippen LogP contribution >= 0.6 is 0 Å². The van der Waals surface area contributed by atoms with Gasteiger partial charge in [-0.25, -0.2) is 0 Å². The van der Waals surface area contributed by atoms with E-state index in [0.717, 1.165) is 12.8 Å². The molecule has 0 unspecified atom stereocenters. The van der Waals surface area contributed by atoms with Crippen molar-refractivity contribution in [3.63, 3.8) is 0 Å². The van der Waals surface area contributed by atoms with Crippen LogP contribution in [0.1, 0.15) is 29.8 Å². The number of amides is 2. The molecule has 2 heterocycles. The lowest BCUT2D eigenvalue weighted by atomic mass is 10.1. The Bertz CT molecular complexity index is 458. The molecule has 1 aliphatic heterocycles. The van der Waals surface area contributed by atoms with E-state index in [4.69, 9.17) is 0 Å². The minimum absolute atomic E-state index is 0.0675. The summed E-state index contributed by atoms with van der Waals surface area (Å²) in [7, 11) is 3.68. The molecule has 110 valence electrons. The topological polar surface area (TPSA) is 77.2 Å². The first-order chi connectivity index (χ1) is 9.61. The molecule has 1 aromatic rings. The lowest BCUT2D eigenvalue weighted by molar-refractivity contribution is -0.121. The van der Waals surface area contributed by atoms with Crippen LogP contribution in [0.25, 0.3) is 0 Å². The number of nitrogens with one attached hydrogen (secondary N) is 3. The molecule has 1 fully saturated rings. The van der Waals surface area contributed by atoms with Gasteiger partial charge in [0.1, 0.15) is 5.69 Å². The molecule has 2 rings (SSSR count). The summed E-state index contributed by atoms with van der Waals surface area (Å²) in [6, 6.07) is 4.11. The van der Waals surface area contributed by atoms with Gasteiger partial charge in [-0.05, 0) is 32.0 Å². The van der Waals surface area contributed by atoms with Gasteiger partial charge in [-0.2, -0.15) is 0 Å². The Hall–Kier alpha value is -1.82. The lowest BCUT2D eigenvalue weighted by Crippen LogP contribution is -2.42. The van der Waals surface area contributed by atoms with Gasteiger partial charge >= 0.3 is 0 Å². The van der Waals surface area contributed by atoms with E-state index in [1.165, 1.54) is 0 Å². The van der Waals surface area contributed by atoms with E-state index in [-0.39, 0.29) is 17.9 Å². The third-order valence-corrected chi connectivity index (χ3v) is 4.03. The van der Waals surface area contributed by atoms with Crippen molar-refractivity contribution in [1.82, 2.24) is 20.5 Å². The fourth-order valence-corrected chi connectivity index (χ4v) is 2.68. The number of rotatable bonds is 5. The Morgan fingerprint density at radius 3 is 2.80 bits per heavy atom. The number of carbonyl (C=O) groups is 2. The summed E-state index contributed by atoms with van der Waals surface area (Å²) in [6.45, 7) is 0.610. The van der Waals surface area contributed by atoms with Crippen LogP contribution in [0.15, 0.2) is 18.3 Å². The first-order valence-electron chi connectivity index (χ1n) is 6.96. The number of nitrogens with zero attached hydrogens (tertiary/aromatic N) is 1. The Labute approximate surface area is 118 Å². The second-order valence-electron chi connectivity index (χ2n) is 5.22. The smallest absolute Gasteiger partial charge is 0.267 e. The maximum atomic E-state index is 11.8. The van der Waals surface area contributed by atoms with Gasteiger partial charge in [0.25, 0.3) is 5.91 Å². The predicted molar refractivity (Wildman–Crippen MR) is 76.4 cm³/mol. The molecule has 6 nitrogen and oxygen atoms in total. The quantitative estimate of drug-likeness (QED) is 0.727. The van der Waals surface area contributed by atoms with Crippen LogP contribution < -0.4 is 10.6 Å². The second-order valence-corrected chi connectivity index (χ2v) is 5.22. The molecule has 2 atom stereocenters. The van der Waals surface area contributed by atoms with Crippen LogP contribution in [0.2, 0.25) is 0 Å². The van der Waals surface area contributed by atoms with Gasteiger partial charge in [-0.3, -0.25) is 14.5 Å². The second kappa shape index (κ2) is 6.56. The molecule has 1 aromatic heterocycles. The SMILES string of the molecule is CNC(=O)C[C@H]1CC[C@@H](CNC(=O)c2ccc[nH]2)N1C. The molecular weight excluding hydrogens is 256 g/mol. The van der Waals surface area contributed by atoms with E-state index >= 15 is 0 Å². The summed E-state index contributed by atoms with van der Waals surface area (Å²) >= 11 is 0. The van der Waals surface area contributed by atoms with Gasteiger partial charge in [0.15, 0.2) is 0 Å². The van der Waals surface area contributed by atoms with Crippen molar-refractivity contribution in [2.45, 2.75) is 31.3 Å². The first kappa shape index (κ1) is 14.6. The number of likely N-dealkylation sites (N-methyl/N-ethyl adjacent to an activating group) is 1. The van der Waals surface area contributed by atoms with Crippen LogP contribution in [-0.4, -0.2) is 54.4 Å². The first-order valence-corrected chi connectivity index (χ1v) is 6.96. The fraction of sp³-hybridized carbons (Fsp3) is 0.571. The Morgan fingerprint density at radius 1 is 1.40 bits per heavy atom. The molecule has 0 bridgehead atoms. The molecular formula is C14H22N4O2. The minimum Gasteiger partial charge on any atom is -0.359 e. The van der Waals surface area contributed by atoms with E-state index in [2.05, 4.69) is 20.5 Å². The zero-order chi connectivity index (χ0) is 14.5. The van der Waals surface area contributed by atoms with Crippen LogP contribution in [0.3, 0.4) is 0 Å². The van der Waals surface area contributed by atoms with Crippen LogP contribution in [-0.2, 0) is 4.79 Å². The van der Waals surface area contributed by atoms with Crippen molar-refractivity contribution < 1.29 is 9.59 Å². The van der Waals surface area contributed by atoms with E-state index in [0.29, 0.717) is 24.7 Å². The average Bonchev–Trinajstić information content (AvgIpc) is 3.08. The van der Waals surface area contributed by atoms with Crippen LogP contribution in [0.5, 0.6) is 0 Å². The van der Waals surface area contributed by atoms with Gasteiger partial charge in [0, 0.05) is 38.3 Å². The zero-order valence-electron chi connectivity index (χ0n) is 12.0. The highest BCUT2D eigenvalue weighted by molar-refractivity contribution is 5.92. The zero-order valence-corrected chi connectivity index (χ0v) is 12.0. The molecule has 20 heavy (non-hydrogen) atoms. The van der Waals surface area contributed by atoms with Crippen molar-refractivity contribution in [1.29, 1.82) is 0 Å². The van der Waals surface area contributed by atoms with Crippen molar-refractivity contribution in [3.8, 4) is 0 Å². The molecule has 2 amide bonds. The van der Waals surface area contributed by atoms with Gasteiger partial charge < -0.3 is 15.6 Å². The maximum Gasteiger partial charge on any atom is 0.267 e. The van der Waals surface area contributed by atoms with Crippen LogP contribution in [0.4, 0.5) is 0 Å². The average molecular weight is 278 g/mol. The van der Waals surface area contributed by atoms with Crippen LogP contribution in [0, 0.1) is 0 Å². The monoisotopic (exact) mass is 278 g/mol. The number of aromatic amines is 1. The van der Waals surface area contributed by atoms with Crippen molar-refractivity contribution in [2.75, 3.05) is 20.6 Å². The summed E-state index contributed by atoms with van der Waals surface area (Å²) in [5.74, 6) is -0.0175. The highest BCUT2D eigenvalue weighted by Crippen LogP contribution is 2.24. The van der Waals surface area contributed by atoms with Gasteiger partial charge in [0.2, 0.25) is 5.91 Å². The standard InChI is InChI=1S/C14H22N4O2/c1-15-13(19)8-10-5-6-11(18(10)2)9-17-14(20)12-4-3-7-16-12/h3-4,7,10-11,16H,5-6,8-9H2,1-2H3,(H,15,19)(H,17,20)/t10-,11+/m1/s1. The molecule has 0 saturated carbocycles. The van der Waals surface area contributed by atoms with Crippen molar-refractivity contribution in [2.24, 2.45) is 0 Å². The third kappa shape index (κ3) is 3.39. The number of hydrogen-bond donors (Lipinski definition) is 3. The number of hydrogen-bond acceptors (Lipinski definition) is 3. The van der Waals surface area contributed by atoms with E-state index in [1.807, 2.05) is 7.05 Å². The normalized spacial score (nSPS) is 22.7. The minimum atomic E-state index is -0.0850. The van der Waals surface area contributed by atoms with Gasteiger partial charge in [-0.1, -0.05) is 0 Å². The highest BCUT2D eigenvalue weighted by atomic mass is 16.2. The summed E-state index contributed by atoms with van der Waals surface area (Å²) in [5.41, 5.74) is 0.576. The summed E-state index contributed by atoms with van der Waals surface area (Å²) in [4.78, 5) is 28.4. The highest BCUT2D eigenvalue weighted by Gasteiger charge is 2.31. The Balaban J connectivity index is 1.80. The predicted octanol–water partition coefficient (Wildman–Crippen LogP) is 0.343. The molecule has 6 heteroatoms. The number of likely N-dealkylation sites (tertiary alicyclic amines) is 1. The number of carbonyl (C=O) groups excluding carboxylic acids is 2. The summed E-state index contributed by atoms with van der Waals surface area (Å²) in [6.07, 6.45) is 4.25. The van der Waals surface area contributed by atoms with E-state index < -0.39 is 0 Å². The molecule has 0 aromatic carbocycles. The van der Waals surface area contributed by atoms with Crippen molar-refractivity contribution in [3.05, 3.63) is 24.0 Å². The molecule has 1 aliphatic rings. The van der Waals surface area contributed by atoms with Gasteiger partial charge in [0.05, 0.1) is 0 Å². The van der Waals surface area contributed by atoms with Gasteiger partial charge in [-0.15, -0.1) is 0 Å². The Morgan fingerprint density at radius 2 is 2.15 bits per heavy atom. The summed E-state index contributed by atoms with van der Waals surface area (Å²) < 4.78 is 0. The van der Waals surface area contributed by atoms with E-state index in [1.54, 1.807) is 25.4 Å². The molecule has 3 N–H and O–H groups in total. The van der Waals surface area contributed by atoms with Crippen molar-refractivity contribution >= 4 is 11.8 Å². The summed E-state index contributed by atoms with van der Waals surface area (Å²) in [5, 5.41) is 5.59. The lowest BCUT2D eigenvalue weighted by Gasteiger charge is -2.25. The molecule has 0 radical (unpaired) electrons. The molecule has 1 saturated heterocycles. The molecule has 0 spiro atoms.